The van der Waals surface area contributed by atoms with E-state index in [0.717, 1.165) is 16.9 Å². The highest BCUT2D eigenvalue weighted by Crippen LogP contribution is 2.27. The Morgan fingerprint density at radius 1 is 1.32 bits per heavy atom. The Morgan fingerprint density at radius 3 is 2.84 bits per heavy atom. The van der Waals surface area contributed by atoms with E-state index in [0.29, 0.717) is 5.69 Å². The number of hydrogen-bond acceptors (Lipinski definition) is 3. The molecule has 0 aliphatic rings. The van der Waals surface area contributed by atoms with E-state index in [1.54, 1.807) is 30.3 Å². The van der Waals surface area contributed by atoms with Gasteiger partial charge in [-0.25, -0.2) is 4.98 Å². The van der Waals surface area contributed by atoms with Crippen LogP contribution in [0.3, 0.4) is 0 Å². The SMILES string of the molecule is CN(C)C(=O)c1nc2ccccn2c1-c1ccsc1. The van der Waals surface area contributed by atoms with Crippen LogP contribution in [0.15, 0.2) is 41.2 Å². The van der Waals surface area contributed by atoms with Crippen LogP contribution in [0.1, 0.15) is 10.5 Å². The number of fused-ring (bicyclic) bond motifs is 1. The zero-order valence-corrected chi connectivity index (χ0v) is 11.5. The summed E-state index contributed by atoms with van der Waals surface area (Å²) in [6.07, 6.45) is 1.93. The number of amides is 1. The first-order valence-corrected chi connectivity index (χ1v) is 6.84. The molecule has 0 atom stereocenters. The number of carbonyl (C=O) groups is 1. The third-order valence-corrected chi connectivity index (χ3v) is 3.62. The summed E-state index contributed by atoms with van der Waals surface area (Å²) < 4.78 is 1.96. The quantitative estimate of drug-likeness (QED) is 0.718. The highest BCUT2D eigenvalue weighted by Gasteiger charge is 2.21. The van der Waals surface area contributed by atoms with Gasteiger partial charge in [0.1, 0.15) is 5.65 Å². The van der Waals surface area contributed by atoms with Crippen LogP contribution < -0.4 is 0 Å². The van der Waals surface area contributed by atoms with Gasteiger partial charge < -0.3 is 4.90 Å². The first kappa shape index (κ1) is 11.9. The van der Waals surface area contributed by atoms with Gasteiger partial charge in [0.2, 0.25) is 0 Å². The number of pyridine rings is 1. The van der Waals surface area contributed by atoms with Gasteiger partial charge in [-0.2, -0.15) is 11.3 Å². The number of imidazole rings is 1. The van der Waals surface area contributed by atoms with Gasteiger partial charge in [-0.15, -0.1) is 0 Å². The summed E-state index contributed by atoms with van der Waals surface area (Å²) in [5, 5.41) is 4.03. The Morgan fingerprint density at radius 2 is 2.16 bits per heavy atom. The van der Waals surface area contributed by atoms with Gasteiger partial charge in [-0.05, 0) is 23.6 Å². The molecule has 0 saturated carbocycles. The van der Waals surface area contributed by atoms with Crippen LogP contribution in [0.4, 0.5) is 0 Å². The average molecular weight is 271 g/mol. The average Bonchev–Trinajstić information content (AvgIpc) is 3.03. The minimum atomic E-state index is -0.0788. The maximum atomic E-state index is 12.3. The van der Waals surface area contributed by atoms with Gasteiger partial charge in [-0.3, -0.25) is 9.20 Å². The molecule has 5 heteroatoms. The Hall–Kier alpha value is -2.14. The van der Waals surface area contributed by atoms with Crippen molar-refractivity contribution in [1.29, 1.82) is 0 Å². The molecular formula is C14H13N3OS. The van der Waals surface area contributed by atoms with Crippen molar-refractivity contribution in [2.45, 2.75) is 0 Å². The Kier molecular flexibility index (Phi) is 2.83. The molecule has 0 saturated heterocycles. The fraction of sp³-hybridized carbons (Fsp3) is 0.143. The maximum absolute atomic E-state index is 12.3. The van der Waals surface area contributed by atoms with Gasteiger partial charge in [0.05, 0.1) is 5.69 Å². The van der Waals surface area contributed by atoms with E-state index in [4.69, 9.17) is 0 Å². The number of nitrogens with zero attached hydrogens (tertiary/aromatic N) is 3. The molecule has 19 heavy (non-hydrogen) atoms. The largest absolute Gasteiger partial charge is 0.343 e. The van der Waals surface area contributed by atoms with Crippen LogP contribution in [0.25, 0.3) is 16.9 Å². The lowest BCUT2D eigenvalue weighted by Gasteiger charge is -2.09. The lowest BCUT2D eigenvalue weighted by molar-refractivity contribution is 0.0823. The first-order valence-electron chi connectivity index (χ1n) is 5.90. The summed E-state index contributed by atoms with van der Waals surface area (Å²) in [5.41, 5.74) is 3.16. The first-order chi connectivity index (χ1) is 9.18. The highest BCUT2D eigenvalue weighted by molar-refractivity contribution is 7.08. The van der Waals surface area contributed by atoms with Gasteiger partial charge in [0.25, 0.3) is 5.91 Å². The number of thiophene rings is 1. The van der Waals surface area contributed by atoms with Gasteiger partial charge in [0.15, 0.2) is 5.69 Å². The van der Waals surface area contributed by atoms with Gasteiger partial charge in [0, 0.05) is 31.2 Å². The molecule has 3 aromatic rings. The fourth-order valence-electron chi connectivity index (χ4n) is 2.03. The monoisotopic (exact) mass is 271 g/mol. The fourth-order valence-corrected chi connectivity index (χ4v) is 2.67. The third-order valence-electron chi connectivity index (χ3n) is 2.93. The molecule has 3 heterocycles. The highest BCUT2D eigenvalue weighted by atomic mass is 32.1. The molecule has 0 aromatic carbocycles. The summed E-state index contributed by atoms with van der Waals surface area (Å²) in [6.45, 7) is 0. The van der Waals surface area contributed by atoms with Crippen molar-refractivity contribution in [2.24, 2.45) is 0 Å². The molecule has 0 aliphatic heterocycles. The summed E-state index contributed by atoms with van der Waals surface area (Å²) >= 11 is 1.61. The van der Waals surface area contributed by atoms with Crippen molar-refractivity contribution in [1.82, 2.24) is 14.3 Å². The predicted molar refractivity (Wildman–Crippen MR) is 76.5 cm³/mol. The smallest absolute Gasteiger partial charge is 0.274 e. The van der Waals surface area contributed by atoms with Crippen LogP contribution >= 0.6 is 11.3 Å². The van der Waals surface area contributed by atoms with Crippen LogP contribution in [0.2, 0.25) is 0 Å². The van der Waals surface area contributed by atoms with E-state index in [1.807, 2.05) is 45.6 Å². The van der Waals surface area contributed by atoms with E-state index in [2.05, 4.69) is 4.98 Å². The minimum Gasteiger partial charge on any atom is -0.343 e. The molecule has 0 radical (unpaired) electrons. The lowest BCUT2D eigenvalue weighted by atomic mass is 10.2. The summed E-state index contributed by atoms with van der Waals surface area (Å²) in [4.78, 5) is 18.3. The van der Waals surface area contributed by atoms with E-state index in [9.17, 15) is 4.79 Å². The van der Waals surface area contributed by atoms with Crippen LogP contribution in [0.5, 0.6) is 0 Å². The van der Waals surface area contributed by atoms with Gasteiger partial charge >= 0.3 is 0 Å². The molecule has 0 unspecified atom stereocenters. The summed E-state index contributed by atoms with van der Waals surface area (Å²) in [7, 11) is 3.48. The number of carbonyl (C=O) groups excluding carboxylic acids is 1. The molecule has 0 spiro atoms. The number of aromatic nitrogens is 2. The van der Waals surface area contributed by atoms with Crippen molar-refractivity contribution in [3.05, 3.63) is 46.9 Å². The number of rotatable bonds is 2. The maximum Gasteiger partial charge on any atom is 0.274 e. The van der Waals surface area contributed by atoms with Crippen LogP contribution in [0, 0.1) is 0 Å². The normalized spacial score (nSPS) is 10.8. The molecule has 0 fully saturated rings. The lowest BCUT2D eigenvalue weighted by Crippen LogP contribution is -2.22. The number of hydrogen-bond donors (Lipinski definition) is 0. The van der Waals surface area contributed by atoms with Gasteiger partial charge in [-0.1, -0.05) is 6.07 Å². The standard InChI is InChI=1S/C14H13N3OS/c1-16(2)14(18)12-13(10-6-8-19-9-10)17-7-4-3-5-11(17)15-12/h3-9H,1-2H3. The molecule has 0 N–H and O–H groups in total. The minimum absolute atomic E-state index is 0.0788. The van der Waals surface area contributed by atoms with Crippen molar-refractivity contribution < 1.29 is 4.79 Å². The van der Waals surface area contributed by atoms with E-state index in [1.165, 1.54) is 0 Å². The Balaban J connectivity index is 2.32. The Labute approximate surface area is 114 Å². The van der Waals surface area contributed by atoms with Crippen molar-refractivity contribution in [3.8, 4) is 11.3 Å². The molecule has 96 valence electrons. The molecule has 1 amide bonds. The summed E-state index contributed by atoms with van der Waals surface area (Å²) in [6, 6.07) is 7.77. The molecule has 4 nitrogen and oxygen atoms in total. The molecule has 3 aromatic heterocycles. The van der Waals surface area contributed by atoms with Crippen molar-refractivity contribution >= 4 is 22.9 Å². The van der Waals surface area contributed by atoms with E-state index in [-0.39, 0.29) is 5.91 Å². The Bertz CT molecular complexity index is 728. The third kappa shape index (κ3) is 1.92. The zero-order valence-electron chi connectivity index (χ0n) is 10.7. The second kappa shape index (κ2) is 4.51. The van der Waals surface area contributed by atoms with Crippen LogP contribution in [-0.2, 0) is 0 Å². The van der Waals surface area contributed by atoms with Crippen LogP contribution in [-0.4, -0.2) is 34.3 Å². The molecule has 3 rings (SSSR count). The molecule has 0 bridgehead atoms. The van der Waals surface area contributed by atoms with E-state index >= 15 is 0 Å². The summed E-state index contributed by atoms with van der Waals surface area (Å²) in [5.74, 6) is -0.0788. The second-order valence-corrected chi connectivity index (χ2v) is 5.23. The van der Waals surface area contributed by atoms with E-state index < -0.39 is 0 Å². The topological polar surface area (TPSA) is 37.6 Å². The molecular weight excluding hydrogens is 258 g/mol. The second-order valence-electron chi connectivity index (χ2n) is 4.45. The van der Waals surface area contributed by atoms with Crippen molar-refractivity contribution in [3.63, 3.8) is 0 Å². The van der Waals surface area contributed by atoms with Crippen molar-refractivity contribution in [2.75, 3.05) is 14.1 Å². The predicted octanol–water partition coefficient (Wildman–Crippen LogP) is 2.76. The zero-order chi connectivity index (χ0) is 13.4. The molecule has 0 aliphatic carbocycles.